The van der Waals surface area contributed by atoms with Crippen LogP contribution in [0.25, 0.3) is 5.57 Å². The van der Waals surface area contributed by atoms with Crippen molar-refractivity contribution in [2.75, 3.05) is 0 Å². The van der Waals surface area contributed by atoms with E-state index in [1.54, 1.807) is 0 Å². The first-order valence-corrected chi connectivity index (χ1v) is 5.97. The number of benzene rings is 1. The molecule has 0 aromatic heterocycles. The van der Waals surface area contributed by atoms with Crippen LogP contribution in [0.3, 0.4) is 0 Å². The normalized spacial score (nSPS) is 12.4. The van der Waals surface area contributed by atoms with Gasteiger partial charge in [0, 0.05) is 12.0 Å². The largest absolute Gasteiger partial charge is 0.462 e. The quantitative estimate of drug-likeness (QED) is 0.512. The number of allylic oxidation sites excluding steroid dienone is 4. The first-order chi connectivity index (χ1) is 8.22. The van der Waals surface area contributed by atoms with Crippen LogP contribution in [0.4, 0.5) is 0 Å². The van der Waals surface area contributed by atoms with Crippen molar-refractivity contribution in [3.63, 3.8) is 0 Å². The zero-order chi connectivity index (χ0) is 12.7. The third-order valence-electron chi connectivity index (χ3n) is 2.60. The second-order valence-corrected chi connectivity index (χ2v) is 3.70. The van der Waals surface area contributed by atoms with E-state index in [1.165, 1.54) is 0 Å². The van der Waals surface area contributed by atoms with Crippen LogP contribution >= 0.6 is 0 Å². The topological polar surface area (TPSA) is 9.23 Å². The van der Waals surface area contributed by atoms with Crippen molar-refractivity contribution in [3.8, 4) is 0 Å². The van der Waals surface area contributed by atoms with E-state index in [0.29, 0.717) is 5.76 Å². The lowest BCUT2D eigenvalue weighted by Gasteiger charge is -2.14. The summed E-state index contributed by atoms with van der Waals surface area (Å²) in [6.07, 6.45) is 4.88. The standard InChI is InChI=1S/C16H20O/c1-5-15(6-2)17-13(4)16(7-3)14-11-9-8-10-12-14/h5,7-12H,4,6H2,1-3H3/b15-5+,16-7+. The molecule has 0 N–H and O–H groups in total. The van der Waals surface area contributed by atoms with Gasteiger partial charge in [-0.25, -0.2) is 0 Å². The van der Waals surface area contributed by atoms with E-state index in [1.807, 2.05) is 44.2 Å². The highest BCUT2D eigenvalue weighted by atomic mass is 16.5. The van der Waals surface area contributed by atoms with E-state index in [9.17, 15) is 0 Å². The molecular formula is C16H20O. The van der Waals surface area contributed by atoms with Crippen LogP contribution in [0.15, 0.2) is 60.6 Å². The molecule has 1 aromatic rings. The maximum absolute atomic E-state index is 5.75. The van der Waals surface area contributed by atoms with Gasteiger partial charge in [-0.1, -0.05) is 49.9 Å². The Balaban J connectivity index is 2.87. The highest BCUT2D eigenvalue weighted by Gasteiger charge is 2.07. The molecule has 0 saturated heterocycles. The van der Waals surface area contributed by atoms with E-state index < -0.39 is 0 Å². The molecule has 0 aliphatic carbocycles. The van der Waals surface area contributed by atoms with Gasteiger partial charge in [0.05, 0.1) is 5.76 Å². The van der Waals surface area contributed by atoms with E-state index in [0.717, 1.165) is 23.3 Å². The highest BCUT2D eigenvalue weighted by molar-refractivity contribution is 5.76. The molecule has 1 nitrogen and oxygen atoms in total. The first-order valence-electron chi connectivity index (χ1n) is 5.97. The molecule has 1 aromatic carbocycles. The van der Waals surface area contributed by atoms with Crippen molar-refractivity contribution in [2.45, 2.75) is 27.2 Å². The van der Waals surface area contributed by atoms with Crippen molar-refractivity contribution in [1.82, 2.24) is 0 Å². The van der Waals surface area contributed by atoms with E-state index in [2.05, 4.69) is 25.6 Å². The van der Waals surface area contributed by atoms with Crippen LogP contribution in [-0.2, 0) is 4.74 Å². The molecule has 1 rings (SSSR count). The fourth-order valence-electron chi connectivity index (χ4n) is 1.65. The molecule has 0 bridgehead atoms. The average Bonchev–Trinajstić information content (AvgIpc) is 2.38. The third-order valence-corrected chi connectivity index (χ3v) is 2.60. The second-order valence-electron chi connectivity index (χ2n) is 3.70. The minimum absolute atomic E-state index is 0.702. The number of rotatable bonds is 5. The van der Waals surface area contributed by atoms with Crippen molar-refractivity contribution in [2.24, 2.45) is 0 Å². The first kappa shape index (κ1) is 13.3. The summed E-state index contributed by atoms with van der Waals surface area (Å²) in [6, 6.07) is 10.2. The van der Waals surface area contributed by atoms with Crippen LogP contribution in [0.1, 0.15) is 32.8 Å². The molecule has 0 radical (unpaired) electrons. The molecule has 1 heteroatoms. The molecule has 0 aliphatic heterocycles. The average molecular weight is 228 g/mol. The maximum Gasteiger partial charge on any atom is 0.127 e. The zero-order valence-corrected chi connectivity index (χ0v) is 10.9. The number of hydrogen-bond donors (Lipinski definition) is 0. The van der Waals surface area contributed by atoms with E-state index in [4.69, 9.17) is 4.74 Å². The predicted molar refractivity (Wildman–Crippen MR) is 74.4 cm³/mol. The smallest absolute Gasteiger partial charge is 0.127 e. The van der Waals surface area contributed by atoms with E-state index in [-0.39, 0.29) is 0 Å². The molecule has 17 heavy (non-hydrogen) atoms. The minimum atomic E-state index is 0.702. The fraction of sp³-hybridized carbons (Fsp3) is 0.250. The molecular weight excluding hydrogens is 208 g/mol. The highest BCUT2D eigenvalue weighted by Crippen LogP contribution is 2.24. The van der Waals surface area contributed by atoms with Gasteiger partial charge in [0.15, 0.2) is 0 Å². The minimum Gasteiger partial charge on any atom is -0.462 e. The summed E-state index contributed by atoms with van der Waals surface area (Å²) in [6.45, 7) is 10.1. The Hall–Kier alpha value is -1.76. The summed E-state index contributed by atoms with van der Waals surface area (Å²) in [7, 11) is 0. The Bertz CT molecular complexity index is 424. The van der Waals surface area contributed by atoms with Gasteiger partial charge in [-0.15, -0.1) is 0 Å². The SMILES string of the molecule is C=C(O/C(=C/C)CC)/C(=C\C)c1ccccc1. The van der Waals surface area contributed by atoms with Crippen molar-refractivity contribution in [3.05, 3.63) is 66.1 Å². The summed E-state index contributed by atoms with van der Waals surface area (Å²) in [4.78, 5) is 0. The van der Waals surface area contributed by atoms with Gasteiger partial charge in [-0.2, -0.15) is 0 Å². The lowest BCUT2D eigenvalue weighted by molar-refractivity contribution is 0.313. The van der Waals surface area contributed by atoms with Crippen LogP contribution in [0.5, 0.6) is 0 Å². The summed E-state index contributed by atoms with van der Waals surface area (Å²) >= 11 is 0. The number of ether oxygens (including phenoxy) is 1. The van der Waals surface area contributed by atoms with Crippen LogP contribution < -0.4 is 0 Å². The monoisotopic (exact) mass is 228 g/mol. The molecule has 0 aliphatic rings. The Morgan fingerprint density at radius 2 is 1.82 bits per heavy atom. The number of hydrogen-bond acceptors (Lipinski definition) is 1. The lowest BCUT2D eigenvalue weighted by Crippen LogP contribution is -1.95. The van der Waals surface area contributed by atoms with Crippen LogP contribution in [-0.4, -0.2) is 0 Å². The van der Waals surface area contributed by atoms with Gasteiger partial charge < -0.3 is 4.74 Å². The van der Waals surface area contributed by atoms with Gasteiger partial charge in [-0.3, -0.25) is 0 Å². The van der Waals surface area contributed by atoms with Crippen molar-refractivity contribution >= 4 is 5.57 Å². The van der Waals surface area contributed by atoms with Gasteiger partial charge in [0.1, 0.15) is 5.76 Å². The van der Waals surface area contributed by atoms with E-state index >= 15 is 0 Å². The summed E-state index contributed by atoms with van der Waals surface area (Å²) in [5.74, 6) is 1.65. The Labute approximate surface area is 104 Å². The Morgan fingerprint density at radius 3 is 2.29 bits per heavy atom. The molecule has 0 amide bonds. The molecule has 0 unspecified atom stereocenters. The molecule has 0 heterocycles. The fourth-order valence-corrected chi connectivity index (χ4v) is 1.65. The van der Waals surface area contributed by atoms with Crippen LogP contribution in [0.2, 0.25) is 0 Å². The Kier molecular flexibility index (Phi) is 5.28. The van der Waals surface area contributed by atoms with Gasteiger partial charge in [-0.05, 0) is 25.5 Å². The van der Waals surface area contributed by atoms with Gasteiger partial charge >= 0.3 is 0 Å². The molecule has 0 spiro atoms. The lowest BCUT2D eigenvalue weighted by atomic mass is 10.0. The van der Waals surface area contributed by atoms with Crippen molar-refractivity contribution < 1.29 is 4.74 Å². The molecule has 0 fully saturated rings. The Morgan fingerprint density at radius 1 is 1.18 bits per heavy atom. The van der Waals surface area contributed by atoms with Crippen molar-refractivity contribution in [1.29, 1.82) is 0 Å². The summed E-state index contributed by atoms with van der Waals surface area (Å²) in [5, 5.41) is 0. The zero-order valence-electron chi connectivity index (χ0n) is 10.9. The summed E-state index contributed by atoms with van der Waals surface area (Å²) < 4.78 is 5.75. The maximum atomic E-state index is 5.75. The van der Waals surface area contributed by atoms with Crippen LogP contribution in [0, 0.1) is 0 Å². The third kappa shape index (κ3) is 3.63. The molecule has 0 atom stereocenters. The molecule has 0 saturated carbocycles. The van der Waals surface area contributed by atoms with Gasteiger partial charge in [0.25, 0.3) is 0 Å². The molecule has 90 valence electrons. The van der Waals surface area contributed by atoms with Gasteiger partial charge in [0.2, 0.25) is 0 Å². The predicted octanol–water partition coefficient (Wildman–Crippen LogP) is 4.93. The summed E-state index contributed by atoms with van der Waals surface area (Å²) in [5.41, 5.74) is 2.17. The second kappa shape index (κ2) is 6.74.